The van der Waals surface area contributed by atoms with Crippen LogP contribution in [0.4, 0.5) is 0 Å². The Morgan fingerprint density at radius 1 is 1.16 bits per heavy atom. The number of benzene rings is 2. The molecule has 0 saturated carbocycles. The number of aromatic carboxylic acids is 1. The van der Waals surface area contributed by atoms with E-state index in [0.717, 1.165) is 5.56 Å². The number of ether oxygens (including phenoxy) is 1. The van der Waals surface area contributed by atoms with Crippen LogP contribution in [0.2, 0.25) is 5.02 Å². The Hall–Kier alpha value is -2.20. The fraction of sp³-hybridized carbons (Fsp3) is 0.0714. The van der Waals surface area contributed by atoms with Crippen molar-refractivity contribution in [3.8, 4) is 17.2 Å². The maximum absolute atomic E-state index is 10.8. The van der Waals surface area contributed by atoms with Crippen LogP contribution in [0.25, 0.3) is 0 Å². The third-order valence-electron chi connectivity index (χ3n) is 2.51. The number of carbonyl (C=O) groups is 1. The summed E-state index contributed by atoms with van der Waals surface area (Å²) in [5.74, 6) is -0.520. The summed E-state index contributed by atoms with van der Waals surface area (Å²) >= 11 is 5.95. The van der Waals surface area contributed by atoms with E-state index in [9.17, 15) is 9.90 Å². The minimum Gasteiger partial charge on any atom is -0.504 e. The van der Waals surface area contributed by atoms with Crippen LogP contribution in [0.5, 0.6) is 17.2 Å². The van der Waals surface area contributed by atoms with Crippen molar-refractivity contribution in [1.82, 2.24) is 0 Å². The van der Waals surface area contributed by atoms with Crippen LogP contribution < -0.4 is 4.74 Å². The van der Waals surface area contributed by atoms with E-state index in [4.69, 9.17) is 21.4 Å². The lowest BCUT2D eigenvalue weighted by Crippen LogP contribution is -1.96. The number of carboxylic acid groups (broad SMARTS) is 1. The third kappa shape index (κ3) is 2.98. The van der Waals surface area contributed by atoms with Crippen molar-refractivity contribution in [2.24, 2.45) is 0 Å². The summed E-state index contributed by atoms with van der Waals surface area (Å²) in [5, 5.41) is 18.7. The maximum atomic E-state index is 10.8. The maximum Gasteiger partial charge on any atom is 0.335 e. The Bertz CT molecular complexity index is 637. The molecule has 0 amide bonds. The Kier molecular flexibility index (Phi) is 3.62. The molecule has 0 aliphatic rings. The zero-order chi connectivity index (χ0) is 14.0. The summed E-state index contributed by atoms with van der Waals surface area (Å²) < 4.78 is 5.48. The van der Waals surface area contributed by atoms with Crippen molar-refractivity contribution in [1.29, 1.82) is 0 Å². The Labute approximate surface area is 114 Å². The van der Waals surface area contributed by atoms with Gasteiger partial charge in [0.1, 0.15) is 5.75 Å². The first-order valence-electron chi connectivity index (χ1n) is 5.47. The van der Waals surface area contributed by atoms with Gasteiger partial charge in [-0.3, -0.25) is 0 Å². The molecule has 0 saturated heterocycles. The van der Waals surface area contributed by atoms with Gasteiger partial charge in [0.25, 0.3) is 0 Å². The van der Waals surface area contributed by atoms with Gasteiger partial charge in [0.05, 0.1) is 10.6 Å². The molecule has 4 nitrogen and oxygen atoms in total. The number of phenolic OH excluding ortho intramolecular Hbond substituents is 1. The first-order chi connectivity index (χ1) is 8.97. The van der Waals surface area contributed by atoms with Crippen LogP contribution in [0.15, 0.2) is 36.4 Å². The fourth-order valence-electron chi connectivity index (χ4n) is 1.54. The average molecular weight is 279 g/mol. The molecule has 0 spiro atoms. The molecule has 2 aromatic carbocycles. The highest BCUT2D eigenvalue weighted by Crippen LogP contribution is 2.35. The fourth-order valence-corrected chi connectivity index (χ4v) is 1.76. The highest BCUT2D eigenvalue weighted by molar-refractivity contribution is 6.32. The molecule has 0 heterocycles. The van der Waals surface area contributed by atoms with Crippen LogP contribution in [-0.4, -0.2) is 16.2 Å². The summed E-state index contributed by atoms with van der Waals surface area (Å²) in [4.78, 5) is 10.8. The van der Waals surface area contributed by atoms with Gasteiger partial charge in [0, 0.05) is 0 Å². The minimum atomic E-state index is -1.06. The monoisotopic (exact) mass is 278 g/mol. The highest BCUT2D eigenvalue weighted by atomic mass is 35.5. The summed E-state index contributed by atoms with van der Waals surface area (Å²) in [5.41, 5.74) is 0.997. The number of halogens is 1. The molecule has 0 aliphatic carbocycles. The molecule has 2 N–H and O–H groups in total. The largest absolute Gasteiger partial charge is 0.504 e. The topological polar surface area (TPSA) is 66.8 Å². The standard InChI is InChI=1S/C14H11ClO4/c1-8-2-4-11(16)13(6-8)19-12-5-3-9(14(17)18)7-10(12)15/h2-7,16H,1H3,(H,17,18). The quantitative estimate of drug-likeness (QED) is 0.895. The van der Waals surface area contributed by atoms with Crippen molar-refractivity contribution in [3.05, 3.63) is 52.5 Å². The van der Waals surface area contributed by atoms with E-state index in [0.29, 0.717) is 0 Å². The number of aromatic hydroxyl groups is 1. The predicted octanol–water partition coefficient (Wildman–Crippen LogP) is 3.84. The van der Waals surface area contributed by atoms with Crippen molar-refractivity contribution >= 4 is 17.6 Å². The summed E-state index contributed by atoms with van der Waals surface area (Å²) in [6, 6.07) is 9.06. The number of hydrogen-bond acceptors (Lipinski definition) is 3. The van der Waals surface area contributed by atoms with Gasteiger partial charge in [0.15, 0.2) is 11.5 Å². The van der Waals surface area contributed by atoms with Crippen molar-refractivity contribution in [2.45, 2.75) is 6.92 Å². The molecule has 0 bridgehead atoms. The van der Waals surface area contributed by atoms with Gasteiger partial charge in [-0.05, 0) is 42.8 Å². The van der Waals surface area contributed by atoms with Gasteiger partial charge in [-0.15, -0.1) is 0 Å². The lowest BCUT2D eigenvalue weighted by Gasteiger charge is -2.10. The van der Waals surface area contributed by atoms with E-state index in [1.165, 1.54) is 24.3 Å². The first kappa shape index (κ1) is 13.2. The SMILES string of the molecule is Cc1ccc(O)c(Oc2ccc(C(=O)O)cc2Cl)c1. The Balaban J connectivity index is 2.33. The lowest BCUT2D eigenvalue weighted by molar-refractivity contribution is 0.0697. The van der Waals surface area contributed by atoms with E-state index in [1.807, 2.05) is 6.92 Å². The van der Waals surface area contributed by atoms with Crippen molar-refractivity contribution < 1.29 is 19.7 Å². The van der Waals surface area contributed by atoms with Gasteiger partial charge in [0.2, 0.25) is 0 Å². The van der Waals surface area contributed by atoms with Crippen LogP contribution in [-0.2, 0) is 0 Å². The highest BCUT2D eigenvalue weighted by Gasteiger charge is 2.10. The lowest BCUT2D eigenvalue weighted by atomic mass is 10.2. The number of hydrogen-bond donors (Lipinski definition) is 2. The van der Waals surface area contributed by atoms with Gasteiger partial charge < -0.3 is 14.9 Å². The third-order valence-corrected chi connectivity index (χ3v) is 2.81. The van der Waals surface area contributed by atoms with Gasteiger partial charge in [-0.25, -0.2) is 4.79 Å². The van der Waals surface area contributed by atoms with Crippen molar-refractivity contribution in [3.63, 3.8) is 0 Å². The van der Waals surface area contributed by atoms with Crippen LogP contribution in [0.3, 0.4) is 0 Å². The van der Waals surface area contributed by atoms with Crippen LogP contribution in [0, 0.1) is 6.92 Å². The second-order valence-electron chi connectivity index (χ2n) is 4.02. The number of aryl methyl sites for hydroxylation is 1. The van der Waals surface area contributed by atoms with Crippen LogP contribution in [0.1, 0.15) is 15.9 Å². The molecule has 5 heteroatoms. The van der Waals surface area contributed by atoms with Gasteiger partial charge in [-0.2, -0.15) is 0 Å². The molecular weight excluding hydrogens is 268 g/mol. The van der Waals surface area contributed by atoms with E-state index in [2.05, 4.69) is 0 Å². The zero-order valence-corrected chi connectivity index (χ0v) is 10.8. The van der Waals surface area contributed by atoms with E-state index < -0.39 is 5.97 Å². The van der Waals surface area contributed by atoms with Gasteiger partial charge >= 0.3 is 5.97 Å². The number of carboxylic acids is 1. The molecule has 98 valence electrons. The van der Waals surface area contributed by atoms with Crippen molar-refractivity contribution in [2.75, 3.05) is 0 Å². The Morgan fingerprint density at radius 3 is 2.53 bits per heavy atom. The smallest absolute Gasteiger partial charge is 0.335 e. The second kappa shape index (κ2) is 5.20. The summed E-state index contributed by atoms with van der Waals surface area (Å²) in [7, 11) is 0. The minimum absolute atomic E-state index is 0.0102. The predicted molar refractivity (Wildman–Crippen MR) is 71.3 cm³/mol. The van der Waals surface area contributed by atoms with E-state index >= 15 is 0 Å². The molecule has 2 aromatic rings. The number of rotatable bonds is 3. The normalized spacial score (nSPS) is 10.2. The molecule has 0 radical (unpaired) electrons. The van der Waals surface area contributed by atoms with E-state index in [-0.39, 0.29) is 27.8 Å². The molecule has 2 rings (SSSR count). The molecule has 0 aliphatic heterocycles. The molecule has 0 unspecified atom stereocenters. The molecule has 0 aromatic heterocycles. The van der Waals surface area contributed by atoms with E-state index in [1.54, 1.807) is 12.1 Å². The molecule has 19 heavy (non-hydrogen) atoms. The molecule has 0 fully saturated rings. The summed E-state index contributed by atoms with van der Waals surface area (Å²) in [6.45, 7) is 1.86. The second-order valence-corrected chi connectivity index (χ2v) is 4.43. The average Bonchev–Trinajstić information content (AvgIpc) is 2.36. The van der Waals surface area contributed by atoms with Crippen LogP contribution >= 0.6 is 11.6 Å². The summed E-state index contributed by atoms with van der Waals surface area (Å²) in [6.07, 6.45) is 0. The number of phenols is 1. The molecule has 0 atom stereocenters. The zero-order valence-electron chi connectivity index (χ0n) is 10.1. The van der Waals surface area contributed by atoms with Gasteiger partial charge in [-0.1, -0.05) is 17.7 Å². The molecular formula is C14H11ClO4. The Morgan fingerprint density at radius 2 is 1.89 bits per heavy atom. The first-order valence-corrected chi connectivity index (χ1v) is 5.85.